The number of carbonyl (C=O) groups excluding carboxylic acids is 1. The molecule has 1 amide bonds. The summed E-state index contributed by atoms with van der Waals surface area (Å²) in [5, 5.41) is 12.0. The first kappa shape index (κ1) is 21.9. The summed E-state index contributed by atoms with van der Waals surface area (Å²) in [6, 6.07) is 10.4. The summed E-state index contributed by atoms with van der Waals surface area (Å²) < 4.78 is 1.76. The molecule has 3 aromatic rings. The highest BCUT2D eigenvalue weighted by Crippen LogP contribution is 2.30. The number of hydrogen-bond donors (Lipinski definition) is 2. The zero-order valence-electron chi connectivity index (χ0n) is 16.7. The molecule has 0 atom stereocenters. The Morgan fingerprint density at radius 2 is 1.90 bits per heavy atom. The Morgan fingerprint density at radius 3 is 2.53 bits per heavy atom. The number of hydrogen-bond acceptors (Lipinski definition) is 4. The van der Waals surface area contributed by atoms with Gasteiger partial charge in [0.05, 0.1) is 21.7 Å². The monoisotopic (exact) mass is 448 g/mol. The maximum atomic E-state index is 13.3. The van der Waals surface area contributed by atoms with E-state index in [9.17, 15) is 9.59 Å². The van der Waals surface area contributed by atoms with Crippen LogP contribution in [0.4, 0.5) is 10.5 Å². The van der Waals surface area contributed by atoms with E-state index in [0.717, 1.165) is 24.3 Å². The maximum absolute atomic E-state index is 13.3. The molecule has 0 fully saturated rings. The van der Waals surface area contributed by atoms with E-state index < -0.39 is 6.09 Å². The second-order valence-electron chi connectivity index (χ2n) is 6.59. The van der Waals surface area contributed by atoms with E-state index in [1.165, 1.54) is 6.07 Å². The fourth-order valence-corrected chi connectivity index (χ4v) is 3.94. The molecule has 2 N–H and O–H groups in total. The highest BCUT2D eigenvalue weighted by atomic mass is 35.5. The minimum atomic E-state index is -1.13. The summed E-state index contributed by atoms with van der Waals surface area (Å²) >= 11 is 12.2. The van der Waals surface area contributed by atoms with E-state index in [0.29, 0.717) is 10.5 Å². The van der Waals surface area contributed by atoms with Crippen LogP contribution in [0.3, 0.4) is 0 Å². The summed E-state index contributed by atoms with van der Waals surface area (Å²) in [5.41, 5.74) is 2.65. The number of aromatic nitrogens is 2. The summed E-state index contributed by atoms with van der Waals surface area (Å²) in [6.45, 7) is 6.03. The van der Waals surface area contributed by atoms with Gasteiger partial charge in [0.25, 0.3) is 0 Å². The van der Waals surface area contributed by atoms with E-state index >= 15 is 0 Å². The van der Waals surface area contributed by atoms with E-state index in [4.69, 9.17) is 28.3 Å². The summed E-state index contributed by atoms with van der Waals surface area (Å²) in [6.07, 6.45) is -1.13. The van der Waals surface area contributed by atoms with Crippen LogP contribution in [0.25, 0.3) is 11.0 Å². The predicted octanol–water partition coefficient (Wildman–Crippen LogP) is 4.69. The van der Waals surface area contributed by atoms with Gasteiger partial charge >= 0.3 is 6.09 Å². The zero-order valence-corrected chi connectivity index (χ0v) is 18.2. The molecule has 1 aromatic heterocycles. The van der Waals surface area contributed by atoms with Gasteiger partial charge in [-0.3, -0.25) is 4.79 Å². The molecular weight excluding hydrogens is 427 g/mol. The van der Waals surface area contributed by atoms with Gasteiger partial charge in [-0.05, 0) is 44.2 Å². The molecule has 0 spiro atoms. The Kier molecular flexibility index (Phi) is 6.84. The quantitative estimate of drug-likeness (QED) is 0.488. The Balaban J connectivity index is 2.18. The van der Waals surface area contributed by atoms with Crippen LogP contribution in [0.5, 0.6) is 0 Å². The molecule has 0 aliphatic heterocycles. The number of rotatable bonds is 8. The molecule has 7 nitrogen and oxygen atoms in total. The lowest BCUT2D eigenvalue weighted by atomic mass is 10.1. The average molecular weight is 449 g/mol. The van der Waals surface area contributed by atoms with E-state index in [1.54, 1.807) is 16.7 Å². The van der Waals surface area contributed by atoms with Crippen LogP contribution in [0, 0.1) is 0 Å². The van der Waals surface area contributed by atoms with Gasteiger partial charge in [-0.15, -0.1) is 0 Å². The molecule has 2 aromatic carbocycles. The van der Waals surface area contributed by atoms with Crippen LogP contribution < -0.4 is 10.2 Å². The lowest BCUT2D eigenvalue weighted by molar-refractivity contribution is 0.102. The van der Waals surface area contributed by atoms with Gasteiger partial charge < -0.3 is 19.9 Å². The van der Waals surface area contributed by atoms with Crippen LogP contribution in [-0.4, -0.2) is 46.2 Å². The highest BCUT2D eigenvalue weighted by Gasteiger charge is 2.23. The van der Waals surface area contributed by atoms with Gasteiger partial charge in [-0.2, -0.15) is 0 Å². The molecule has 0 radical (unpaired) electrons. The van der Waals surface area contributed by atoms with E-state index in [2.05, 4.69) is 29.0 Å². The molecule has 0 aliphatic carbocycles. The molecule has 0 aliphatic rings. The Bertz CT molecular complexity index is 1090. The van der Waals surface area contributed by atoms with Crippen molar-refractivity contribution >= 4 is 51.8 Å². The Hall–Kier alpha value is -2.77. The number of carboxylic acid groups (broad SMARTS) is 1. The maximum Gasteiger partial charge on any atom is 0.404 e. The molecule has 158 valence electrons. The van der Waals surface area contributed by atoms with Crippen LogP contribution >= 0.6 is 23.2 Å². The third-order valence-corrected chi connectivity index (χ3v) is 5.39. The van der Waals surface area contributed by atoms with Crippen molar-refractivity contribution in [3.63, 3.8) is 0 Å². The number of para-hydroxylation sites is 1. The first-order chi connectivity index (χ1) is 14.4. The van der Waals surface area contributed by atoms with Gasteiger partial charge in [0.15, 0.2) is 5.82 Å². The molecule has 0 saturated heterocycles. The van der Waals surface area contributed by atoms with Crippen molar-refractivity contribution in [2.24, 2.45) is 0 Å². The smallest absolute Gasteiger partial charge is 0.404 e. The van der Waals surface area contributed by atoms with Crippen LogP contribution in [0.15, 0.2) is 36.4 Å². The second-order valence-corrected chi connectivity index (χ2v) is 7.43. The van der Waals surface area contributed by atoms with E-state index in [1.807, 2.05) is 18.2 Å². The number of fused-ring (bicyclic) bond motifs is 1. The van der Waals surface area contributed by atoms with Crippen LogP contribution in [0.1, 0.15) is 30.0 Å². The van der Waals surface area contributed by atoms with Gasteiger partial charge in [-0.1, -0.05) is 29.3 Å². The number of halogens is 2. The number of carbonyl (C=O) groups is 2. The number of amides is 1. The second kappa shape index (κ2) is 9.36. The Morgan fingerprint density at radius 1 is 1.17 bits per heavy atom. The largest absolute Gasteiger partial charge is 0.465 e. The lowest BCUT2D eigenvalue weighted by Crippen LogP contribution is -2.27. The topological polar surface area (TPSA) is 87.5 Å². The van der Waals surface area contributed by atoms with Crippen molar-refractivity contribution in [2.45, 2.75) is 20.4 Å². The molecule has 0 unspecified atom stereocenters. The van der Waals surface area contributed by atoms with Crippen LogP contribution in [-0.2, 0) is 6.54 Å². The normalized spacial score (nSPS) is 10.9. The predicted molar refractivity (Wildman–Crippen MR) is 119 cm³/mol. The molecule has 30 heavy (non-hydrogen) atoms. The minimum absolute atomic E-state index is 0.127. The van der Waals surface area contributed by atoms with Gasteiger partial charge in [-0.25, -0.2) is 9.78 Å². The fourth-order valence-electron chi connectivity index (χ4n) is 3.45. The minimum Gasteiger partial charge on any atom is -0.465 e. The van der Waals surface area contributed by atoms with Crippen molar-refractivity contribution in [1.29, 1.82) is 0 Å². The molecule has 3 rings (SSSR count). The fraction of sp³-hybridized carbons (Fsp3) is 0.286. The number of nitrogens with zero attached hydrogens (tertiary/aromatic N) is 3. The van der Waals surface area contributed by atoms with Crippen LogP contribution in [0.2, 0.25) is 10.0 Å². The molecular formula is C21H22Cl2N4O3. The number of ketones is 1. The first-order valence-corrected chi connectivity index (χ1v) is 10.3. The van der Waals surface area contributed by atoms with Gasteiger partial charge in [0.2, 0.25) is 5.78 Å². The summed E-state index contributed by atoms with van der Waals surface area (Å²) in [4.78, 5) is 31.0. The third-order valence-electron chi connectivity index (χ3n) is 4.84. The van der Waals surface area contributed by atoms with Crippen molar-refractivity contribution in [1.82, 2.24) is 14.9 Å². The SMILES string of the molecule is CCN(CC)c1cccc2nc(C(=O)c3ccc(Cl)cc3Cl)n(CCNC(=O)O)c12. The third kappa shape index (κ3) is 4.37. The van der Waals surface area contributed by atoms with Crippen molar-refractivity contribution in [2.75, 3.05) is 24.5 Å². The van der Waals surface area contributed by atoms with E-state index in [-0.39, 0.29) is 35.3 Å². The summed E-state index contributed by atoms with van der Waals surface area (Å²) in [5.74, 6) is -0.158. The number of imidazole rings is 1. The number of anilines is 1. The van der Waals surface area contributed by atoms with Gasteiger partial charge in [0.1, 0.15) is 0 Å². The molecule has 9 heteroatoms. The molecule has 0 saturated carbocycles. The lowest BCUT2D eigenvalue weighted by Gasteiger charge is -2.23. The standard InChI is InChI=1S/C21H22Cl2N4O3/c1-3-26(4-2)17-7-5-6-16-18(17)27(11-10-24-21(29)30)20(25-16)19(28)14-9-8-13(22)12-15(14)23/h5-9,12,24H,3-4,10-11H2,1-2H3,(H,29,30). The Labute approximate surface area is 184 Å². The average Bonchev–Trinajstić information content (AvgIpc) is 3.07. The summed E-state index contributed by atoms with van der Waals surface area (Å²) in [7, 11) is 0. The van der Waals surface area contributed by atoms with Crippen molar-refractivity contribution < 1.29 is 14.7 Å². The van der Waals surface area contributed by atoms with Gasteiger partial charge in [0, 0.05) is 36.8 Å². The molecule has 1 heterocycles. The first-order valence-electron chi connectivity index (χ1n) is 9.58. The van der Waals surface area contributed by atoms with Crippen molar-refractivity contribution in [3.05, 3.63) is 57.8 Å². The molecule has 0 bridgehead atoms. The number of nitrogens with one attached hydrogen (secondary N) is 1. The number of benzene rings is 2. The zero-order chi connectivity index (χ0) is 21.8. The van der Waals surface area contributed by atoms with Crippen molar-refractivity contribution in [3.8, 4) is 0 Å². The highest BCUT2D eigenvalue weighted by molar-refractivity contribution is 6.37.